The maximum atomic E-state index is 7.46. The van der Waals surface area contributed by atoms with Gasteiger partial charge in [0.1, 0.15) is 5.75 Å². The summed E-state index contributed by atoms with van der Waals surface area (Å²) in [5.41, 5.74) is 10.8. The Morgan fingerprint density at radius 3 is 3.00 bits per heavy atom. The number of allylic oxidation sites excluding steroid dienone is 1. The predicted octanol–water partition coefficient (Wildman–Crippen LogP) is 1.72. The minimum atomic E-state index is 0.655. The van der Waals surface area contributed by atoms with Crippen LogP contribution in [0.1, 0.15) is 16.7 Å². The number of rotatable bonds is 3. The normalized spacial score (nSPS) is 14.1. The first-order valence-electron chi connectivity index (χ1n) is 5.62. The zero-order valence-corrected chi connectivity index (χ0v) is 10.1. The van der Waals surface area contributed by atoms with Gasteiger partial charge in [0, 0.05) is 37.0 Å². The van der Waals surface area contributed by atoms with Crippen molar-refractivity contribution in [3.05, 3.63) is 29.0 Å². The summed E-state index contributed by atoms with van der Waals surface area (Å²) in [5.74, 6) is 0.819. The number of nitrogens with one attached hydrogen (secondary N) is 2. The second kappa shape index (κ2) is 4.49. The molecule has 1 aliphatic rings. The van der Waals surface area contributed by atoms with Gasteiger partial charge in [-0.1, -0.05) is 0 Å². The Balaban J connectivity index is 2.60. The molecule has 0 saturated heterocycles. The van der Waals surface area contributed by atoms with E-state index >= 15 is 0 Å². The highest BCUT2D eigenvalue weighted by Crippen LogP contribution is 2.37. The lowest BCUT2D eigenvalue weighted by Gasteiger charge is -2.13. The molecule has 4 heteroatoms. The number of ether oxygens (including phenoxy) is 1. The minimum absolute atomic E-state index is 0.655. The fraction of sp³-hybridized carbons (Fsp3) is 0.308. The van der Waals surface area contributed by atoms with Crippen LogP contribution < -0.4 is 15.8 Å². The first kappa shape index (κ1) is 11.5. The molecule has 1 aromatic carbocycles. The first-order valence-corrected chi connectivity index (χ1v) is 5.62. The van der Waals surface area contributed by atoms with Gasteiger partial charge in [-0.2, -0.15) is 0 Å². The number of nitrogens with two attached hydrogens (primary N) is 1. The summed E-state index contributed by atoms with van der Waals surface area (Å²) < 4.78 is 5.52. The van der Waals surface area contributed by atoms with E-state index in [9.17, 15) is 0 Å². The minimum Gasteiger partial charge on any atom is -0.491 e. The van der Waals surface area contributed by atoms with Crippen molar-refractivity contribution in [2.24, 2.45) is 0 Å². The lowest BCUT2D eigenvalue weighted by Crippen LogP contribution is -2.02. The van der Waals surface area contributed by atoms with E-state index in [0.717, 1.165) is 28.9 Å². The van der Waals surface area contributed by atoms with Crippen molar-refractivity contribution in [3.8, 4) is 5.75 Å². The summed E-state index contributed by atoms with van der Waals surface area (Å²) in [7, 11) is 1.82. The Kier molecular flexibility index (Phi) is 3.04. The van der Waals surface area contributed by atoms with E-state index in [1.807, 2.05) is 13.1 Å². The summed E-state index contributed by atoms with van der Waals surface area (Å²) in [5, 5.41) is 10.4. The van der Waals surface area contributed by atoms with Crippen LogP contribution in [0.5, 0.6) is 5.75 Å². The number of fused-ring (bicyclic) bond motifs is 1. The molecule has 17 heavy (non-hydrogen) atoms. The van der Waals surface area contributed by atoms with Gasteiger partial charge in [-0.3, -0.25) is 0 Å². The summed E-state index contributed by atoms with van der Waals surface area (Å²) >= 11 is 0. The molecule has 1 aromatic rings. The molecular weight excluding hydrogens is 214 g/mol. The molecule has 0 fully saturated rings. The van der Waals surface area contributed by atoms with Gasteiger partial charge in [-0.25, -0.2) is 0 Å². The van der Waals surface area contributed by atoms with E-state index in [-0.39, 0.29) is 0 Å². The van der Waals surface area contributed by atoms with Crippen molar-refractivity contribution < 1.29 is 4.74 Å². The van der Waals surface area contributed by atoms with Crippen LogP contribution in [-0.2, 0) is 6.42 Å². The number of hydrogen-bond acceptors (Lipinski definition) is 4. The fourth-order valence-corrected chi connectivity index (χ4v) is 2.22. The van der Waals surface area contributed by atoms with Crippen molar-refractivity contribution in [1.29, 1.82) is 5.41 Å². The van der Waals surface area contributed by atoms with E-state index in [4.69, 9.17) is 15.9 Å². The van der Waals surface area contributed by atoms with Crippen molar-refractivity contribution in [3.63, 3.8) is 0 Å². The number of hydrogen-bond donors (Lipinski definition) is 3. The van der Waals surface area contributed by atoms with Crippen LogP contribution in [0.25, 0.3) is 5.57 Å². The number of benzene rings is 1. The Hall–Kier alpha value is -1.97. The summed E-state index contributed by atoms with van der Waals surface area (Å²) in [4.78, 5) is 0. The summed E-state index contributed by atoms with van der Waals surface area (Å²) in [6, 6.07) is 1.88. The summed E-state index contributed by atoms with van der Waals surface area (Å²) in [6.45, 7) is 2.74. The third kappa shape index (κ3) is 1.86. The molecule has 4 nitrogen and oxygen atoms in total. The second-order valence-corrected chi connectivity index (χ2v) is 4.08. The van der Waals surface area contributed by atoms with Crippen LogP contribution in [0.3, 0.4) is 0 Å². The van der Waals surface area contributed by atoms with E-state index < -0.39 is 0 Å². The van der Waals surface area contributed by atoms with Gasteiger partial charge < -0.3 is 21.2 Å². The van der Waals surface area contributed by atoms with Gasteiger partial charge in [0.2, 0.25) is 0 Å². The van der Waals surface area contributed by atoms with Gasteiger partial charge >= 0.3 is 0 Å². The Morgan fingerprint density at radius 2 is 2.35 bits per heavy atom. The molecule has 2 rings (SSSR count). The molecule has 0 radical (unpaired) electrons. The largest absolute Gasteiger partial charge is 0.491 e. The van der Waals surface area contributed by atoms with Crippen LogP contribution in [0, 0.1) is 12.3 Å². The van der Waals surface area contributed by atoms with E-state index in [1.165, 1.54) is 11.8 Å². The summed E-state index contributed by atoms with van der Waals surface area (Å²) in [6.07, 6.45) is 4.03. The predicted molar refractivity (Wildman–Crippen MR) is 70.6 cm³/mol. The molecule has 1 heterocycles. The van der Waals surface area contributed by atoms with Crippen molar-refractivity contribution in [2.75, 3.05) is 19.4 Å². The molecule has 0 aromatic heterocycles. The Labute approximate surface area is 101 Å². The van der Waals surface area contributed by atoms with Crippen LogP contribution in [0.15, 0.2) is 12.3 Å². The third-order valence-electron chi connectivity index (χ3n) is 3.06. The smallest absolute Gasteiger partial charge is 0.145 e. The Morgan fingerprint density at radius 1 is 1.59 bits per heavy atom. The van der Waals surface area contributed by atoms with Crippen LogP contribution in [0.2, 0.25) is 0 Å². The lowest BCUT2D eigenvalue weighted by molar-refractivity contribution is 0.358. The third-order valence-corrected chi connectivity index (χ3v) is 3.06. The SMILES string of the molecule is CN/C=C(\C=N)c1cc(N)c2c(c1C)CCO2. The second-order valence-electron chi connectivity index (χ2n) is 4.08. The topological polar surface area (TPSA) is 71.1 Å². The number of anilines is 1. The molecule has 1 aliphatic heterocycles. The highest BCUT2D eigenvalue weighted by Gasteiger charge is 2.20. The first-order chi connectivity index (χ1) is 8.19. The molecule has 0 spiro atoms. The monoisotopic (exact) mass is 231 g/mol. The van der Waals surface area contributed by atoms with Crippen LogP contribution in [0.4, 0.5) is 5.69 Å². The molecule has 0 saturated carbocycles. The lowest BCUT2D eigenvalue weighted by atomic mass is 9.95. The van der Waals surface area contributed by atoms with Gasteiger partial charge in [0.05, 0.1) is 12.3 Å². The standard InChI is InChI=1S/C13H17N3O/c1-8-10-3-4-17-13(10)12(15)5-11(8)9(6-14)7-16-2/h5-7,14,16H,3-4,15H2,1-2H3/b9-7+,14-6?. The molecular formula is C13H17N3O. The van der Waals surface area contributed by atoms with Crippen molar-refractivity contribution in [1.82, 2.24) is 5.32 Å². The average molecular weight is 231 g/mol. The zero-order valence-electron chi connectivity index (χ0n) is 10.1. The maximum absolute atomic E-state index is 7.46. The van der Waals surface area contributed by atoms with Gasteiger partial charge in [-0.05, 0) is 24.1 Å². The Bertz CT molecular complexity index is 492. The number of nitrogen functional groups attached to an aromatic ring is 1. The van der Waals surface area contributed by atoms with Gasteiger partial charge in [-0.15, -0.1) is 0 Å². The highest BCUT2D eigenvalue weighted by atomic mass is 16.5. The van der Waals surface area contributed by atoms with E-state index in [1.54, 1.807) is 6.20 Å². The van der Waals surface area contributed by atoms with Gasteiger partial charge in [0.25, 0.3) is 0 Å². The zero-order chi connectivity index (χ0) is 12.4. The molecule has 0 bridgehead atoms. The highest BCUT2D eigenvalue weighted by molar-refractivity contribution is 6.09. The molecule has 90 valence electrons. The van der Waals surface area contributed by atoms with E-state index in [0.29, 0.717) is 12.3 Å². The van der Waals surface area contributed by atoms with Crippen LogP contribution >= 0.6 is 0 Å². The van der Waals surface area contributed by atoms with Crippen LogP contribution in [-0.4, -0.2) is 19.9 Å². The molecule has 0 unspecified atom stereocenters. The molecule has 0 amide bonds. The van der Waals surface area contributed by atoms with Crippen molar-refractivity contribution >= 4 is 17.5 Å². The fourth-order valence-electron chi connectivity index (χ4n) is 2.22. The molecule has 0 atom stereocenters. The maximum Gasteiger partial charge on any atom is 0.145 e. The van der Waals surface area contributed by atoms with E-state index in [2.05, 4.69) is 12.2 Å². The quantitative estimate of drug-likeness (QED) is 0.548. The van der Waals surface area contributed by atoms with Gasteiger partial charge in [0.15, 0.2) is 0 Å². The molecule has 0 aliphatic carbocycles. The van der Waals surface area contributed by atoms with Crippen molar-refractivity contribution in [2.45, 2.75) is 13.3 Å². The molecule has 4 N–H and O–H groups in total. The average Bonchev–Trinajstić information content (AvgIpc) is 2.81.